The fraction of sp³-hybridized carbons (Fsp3) is 0.357. The van der Waals surface area contributed by atoms with Crippen molar-refractivity contribution < 1.29 is 28.1 Å². The molecule has 4 atom stereocenters. The Morgan fingerprint density at radius 1 is 0.735 bits per heavy atom. The van der Waals surface area contributed by atoms with E-state index in [9.17, 15) is 4.39 Å². The average molecular weight is 467 g/mol. The number of ether oxygens (including phenoxy) is 5. The maximum Gasteiger partial charge on any atom is 0.187 e. The third kappa shape index (κ3) is 6.09. The fourth-order valence-corrected chi connectivity index (χ4v) is 4.11. The highest BCUT2D eigenvalue weighted by molar-refractivity contribution is 5.16. The Bertz CT molecular complexity index is 972. The molecule has 0 amide bonds. The molecule has 1 saturated heterocycles. The van der Waals surface area contributed by atoms with Crippen molar-refractivity contribution in [3.8, 4) is 0 Å². The summed E-state index contributed by atoms with van der Waals surface area (Å²) in [5.41, 5.74) is 1.61. The molecule has 0 spiro atoms. The van der Waals surface area contributed by atoms with Crippen molar-refractivity contribution in [2.24, 2.45) is 0 Å². The average Bonchev–Trinajstić information content (AvgIpc) is 3.20. The lowest BCUT2D eigenvalue weighted by atomic mass is 9.97. The van der Waals surface area contributed by atoms with Crippen LogP contribution < -0.4 is 0 Å². The van der Waals surface area contributed by atoms with Crippen LogP contribution in [0.3, 0.4) is 0 Å². The predicted molar refractivity (Wildman–Crippen MR) is 127 cm³/mol. The van der Waals surface area contributed by atoms with Gasteiger partial charge in [0, 0.05) is 7.11 Å². The quantitative estimate of drug-likeness (QED) is 0.372. The molecular weight excluding hydrogens is 435 g/mol. The van der Waals surface area contributed by atoms with Gasteiger partial charge in [0.2, 0.25) is 0 Å². The first-order valence-corrected chi connectivity index (χ1v) is 11.4. The van der Waals surface area contributed by atoms with E-state index in [-0.39, 0.29) is 13.2 Å². The highest BCUT2D eigenvalue weighted by Crippen LogP contribution is 2.38. The lowest BCUT2D eigenvalue weighted by Crippen LogP contribution is -2.51. The molecule has 0 N–H and O–H groups in total. The first-order valence-electron chi connectivity index (χ1n) is 11.4. The lowest BCUT2D eigenvalue weighted by Gasteiger charge is -2.32. The van der Waals surface area contributed by atoms with E-state index in [2.05, 4.69) is 0 Å². The van der Waals surface area contributed by atoms with Crippen LogP contribution in [0.1, 0.15) is 16.7 Å². The molecule has 3 aromatic carbocycles. The summed E-state index contributed by atoms with van der Waals surface area (Å²) in [6.45, 7) is 0.157. The molecule has 1 aliphatic rings. The Balaban J connectivity index is 1.52. The molecule has 1 heterocycles. The third-order valence-electron chi connectivity index (χ3n) is 5.91. The minimum absolute atomic E-state index is 0.00288. The minimum atomic E-state index is -1.36. The van der Waals surface area contributed by atoms with Gasteiger partial charge in [-0.3, -0.25) is 0 Å². The monoisotopic (exact) mass is 466 g/mol. The van der Waals surface area contributed by atoms with E-state index in [1.807, 2.05) is 91.0 Å². The Labute approximate surface area is 200 Å². The van der Waals surface area contributed by atoms with Crippen molar-refractivity contribution in [3.63, 3.8) is 0 Å². The molecule has 6 heteroatoms. The summed E-state index contributed by atoms with van der Waals surface area (Å²) in [6.07, 6.45) is -2.16. The van der Waals surface area contributed by atoms with Gasteiger partial charge in [-0.25, -0.2) is 4.39 Å². The van der Waals surface area contributed by atoms with Crippen LogP contribution in [-0.4, -0.2) is 44.5 Å². The van der Waals surface area contributed by atoms with Gasteiger partial charge in [0.15, 0.2) is 11.9 Å². The molecule has 0 aromatic heterocycles. The number of methoxy groups -OCH3 is 1. The van der Waals surface area contributed by atoms with Crippen molar-refractivity contribution in [2.75, 3.05) is 20.4 Å². The van der Waals surface area contributed by atoms with Crippen LogP contribution in [0.5, 0.6) is 0 Å². The standard InChI is InChI=1S/C28H31FO5/c1-30-27-25(32-18-23-13-7-3-8-14-23)26(33-19-24-15-9-4-10-16-24)28(20-29,34-27)21-31-17-22-11-5-2-6-12-22/h2-16,25-27H,17-21H2,1H3/t25-,26+,27+,28-/m1/s1. The van der Waals surface area contributed by atoms with Gasteiger partial charge in [-0.05, 0) is 16.7 Å². The molecule has 0 unspecified atom stereocenters. The van der Waals surface area contributed by atoms with E-state index in [0.717, 1.165) is 16.7 Å². The Hall–Kier alpha value is -2.61. The second-order valence-corrected chi connectivity index (χ2v) is 8.38. The molecule has 3 aromatic rings. The van der Waals surface area contributed by atoms with Gasteiger partial charge in [-0.15, -0.1) is 0 Å². The molecule has 0 radical (unpaired) electrons. The third-order valence-corrected chi connectivity index (χ3v) is 5.91. The molecule has 4 rings (SSSR count). The summed E-state index contributed by atoms with van der Waals surface area (Å²) in [7, 11) is 1.52. The maximum atomic E-state index is 14.7. The van der Waals surface area contributed by atoms with Gasteiger partial charge in [0.05, 0.1) is 26.4 Å². The summed E-state index contributed by atoms with van der Waals surface area (Å²) >= 11 is 0. The van der Waals surface area contributed by atoms with Gasteiger partial charge < -0.3 is 23.7 Å². The van der Waals surface area contributed by atoms with Gasteiger partial charge in [0.25, 0.3) is 0 Å². The zero-order valence-electron chi connectivity index (χ0n) is 19.3. The first-order chi connectivity index (χ1) is 16.7. The van der Waals surface area contributed by atoms with Crippen molar-refractivity contribution in [1.82, 2.24) is 0 Å². The Morgan fingerprint density at radius 3 is 1.74 bits per heavy atom. The zero-order chi connectivity index (χ0) is 23.6. The van der Waals surface area contributed by atoms with Crippen LogP contribution in [0.15, 0.2) is 91.0 Å². The van der Waals surface area contributed by atoms with Crippen LogP contribution in [0.4, 0.5) is 4.39 Å². The van der Waals surface area contributed by atoms with E-state index in [4.69, 9.17) is 23.7 Å². The van der Waals surface area contributed by atoms with Crippen LogP contribution in [0.2, 0.25) is 0 Å². The largest absolute Gasteiger partial charge is 0.374 e. The highest BCUT2D eigenvalue weighted by Gasteiger charge is 2.57. The number of rotatable bonds is 12. The summed E-state index contributed by atoms with van der Waals surface area (Å²) < 4.78 is 44.8. The summed E-state index contributed by atoms with van der Waals surface area (Å²) in [5, 5.41) is 0. The SMILES string of the molecule is CO[C@H]1O[C@](CF)(COCc2ccccc2)[C@@H](OCc2ccccc2)[C@H]1OCc1ccccc1. The number of hydrogen-bond donors (Lipinski definition) is 0. The number of alkyl halides is 1. The predicted octanol–water partition coefficient (Wildman–Crippen LogP) is 5.09. The second-order valence-electron chi connectivity index (χ2n) is 8.38. The minimum Gasteiger partial charge on any atom is -0.374 e. The highest BCUT2D eigenvalue weighted by atomic mass is 19.1. The topological polar surface area (TPSA) is 46.2 Å². The number of benzene rings is 3. The number of halogens is 1. The fourth-order valence-electron chi connectivity index (χ4n) is 4.11. The van der Waals surface area contributed by atoms with Crippen LogP contribution >= 0.6 is 0 Å². The van der Waals surface area contributed by atoms with Gasteiger partial charge in [-0.1, -0.05) is 91.0 Å². The van der Waals surface area contributed by atoms with E-state index < -0.39 is 30.8 Å². The van der Waals surface area contributed by atoms with Gasteiger partial charge in [0.1, 0.15) is 18.9 Å². The normalized spacial score (nSPS) is 24.4. The molecule has 1 fully saturated rings. The summed E-state index contributed by atoms with van der Waals surface area (Å²) in [5.74, 6) is 0. The Kier molecular flexibility index (Phi) is 8.79. The molecule has 5 nitrogen and oxygen atoms in total. The van der Waals surface area contributed by atoms with E-state index in [0.29, 0.717) is 13.2 Å². The maximum absolute atomic E-state index is 14.7. The zero-order valence-corrected chi connectivity index (χ0v) is 19.3. The van der Waals surface area contributed by atoms with E-state index in [1.165, 1.54) is 7.11 Å². The summed E-state index contributed by atoms with van der Waals surface area (Å²) in [6, 6.07) is 29.3. The van der Waals surface area contributed by atoms with Crippen LogP contribution in [-0.2, 0) is 43.5 Å². The molecular formula is C28H31FO5. The molecule has 0 bridgehead atoms. The van der Waals surface area contributed by atoms with E-state index in [1.54, 1.807) is 0 Å². The smallest absolute Gasteiger partial charge is 0.187 e. The molecule has 0 saturated carbocycles. The molecule has 0 aliphatic carbocycles. The van der Waals surface area contributed by atoms with Crippen molar-refractivity contribution in [2.45, 2.75) is 43.9 Å². The molecule has 34 heavy (non-hydrogen) atoms. The second kappa shape index (κ2) is 12.2. The van der Waals surface area contributed by atoms with Crippen LogP contribution in [0, 0.1) is 0 Å². The Morgan fingerprint density at radius 2 is 1.24 bits per heavy atom. The first kappa shape index (κ1) is 24.5. The lowest BCUT2D eigenvalue weighted by molar-refractivity contribution is -0.205. The van der Waals surface area contributed by atoms with E-state index >= 15 is 0 Å². The summed E-state index contributed by atoms with van der Waals surface area (Å²) in [4.78, 5) is 0. The van der Waals surface area contributed by atoms with Crippen molar-refractivity contribution in [1.29, 1.82) is 0 Å². The number of hydrogen-bond acceptors (Lipinski definition) is 5. The van der Waals surface area contributed by atoms with Crippen molar-refractivity contribution in [3.05, 3.63) is 108 Å². The molecule has 1 aliphatic heterocycles. The van der Waals surface area contributed by atoms with Gasteiger partial charge >= 0.3 is 0 Å². The molecule has 180 valence electrons. The van der Waals surface area contributed by atoms with Gasteiger partial charge in [-0.2, -0.15) is 0 Å². The van der Waals surface area contributed by atoms with Crippen molar-refractivity contribution >= 4 is 0 Å². The van der Waals surface area contributed by atoms with Crippen LogP contribution in [0.25, 0.3) is 0 Å².